The Morgan fingerprint density at radius 3 is 2.30 bits per heavy atom. The number of hydrogen-bond acceptors (Lipinski definition) is 3. The van der Waals surface area contributed by atoms with Crippen molar-refractivity contribution in [2.24, 2.45) is 5.41 Å². The molecule has 0 amide bonds. The van der Waals surface area contributed by atoms with Crippen LogP contribution in [0.1, 0.15) is 44.6 Å². The molecule has 5 nitrogen and oxygen atoms in total. The van der Waals surface area contributed by atoms with Gasteiger partial charge in [-0.05, 0) is 30.7 Å². The third kappa shape index (κ3) is 3.31. The molecule has 2 unspecified atom stereocenters. The van der Waals surface area contributed by atoms with E-state index >= 15 is 0 Å². The van der Waals surface area contributed by atoms with Crippen LogP contribution in [0.5, 0.6) is 0 Å². The van der Waals surface area contributed by atoms with Crippen LogP contribution in [0.2, 0.25) is 0 Å². The summed E-state index contributed by atoms with van der Waals surface area (Å²) in [4.78, 5) is 0. The average Bonchev–Trinajstić information content (AvgIpc) is 2.55. The van der Waals surface area contributed by atoms with Crippen molar-refractivity contribution in [1.82, 2.24) is 9.03 Å². The summed E-state index contributed by atoms with van der Waals surface area (Å²) in [5.74, 6) is 0.435. The molecule has 2 N–H and O–H groups in total. The summed E-state index contributed by atoms with van der Waals surface area (Å²) >= 11 is 0. The molecular formula is C17H26N2O3S. The van der Waals surface area contributed by atoms with E-state index in [1.54, 1.807) is 4.31 Å². The molecule has 1 aromatic carbocycles. The molecule has 2 fully saturated rings. The van der Waals surface area contributed by atoms with Crippen molar-refractivity contribution < 1.29 is 13.5 Å². The molecule has 1 heterocycles. The van der Waals surface area contributed by atoms with Gasteiger partial charge in [0, 0.05) is 24.5 Å². The SMILES string of the molecule is CC1(C)C(O)CC1NS(=O)(=O)N1CCC(c2ccccc2)CC1. The van der Waals surface area contributed by atoms with E-state index in [-0.39, 0.29) is 6.04 Å². The summed E-state index contributed by atoms with van der Waals surface area (Å²) < 4.78 is 29.4. The zero-order valence-corrected chi connectivity index (χ0v) is 14.6. The molecule has 0 radical (unpaired) electrons. The third-order valence-corrected chi connectivity index (χ3v) is 7.20. The minimum atomic E-state index is -3.47. The van der Waals surface area contributed by atoms with Crippen LogP contribution in [-0.2, 0) is 10.2 Å². The smallest absolute Gasteiger partial charge is 0.279 e. The van der Waals surface area contributed by atoms with Gasteiger partial charge in [-0.15, -0.1) is 0 Å². The van der Waals surface area contributed by atoms with Gasteiger partial charge in [0.2, 0.25) is 0 Å². The van der Waals surface area contributed by atoms with Gasteiger partial charge in [0.15, 0.2) is 0 Å². The molecule has 6 heteroatoms. The molecule has 3 rings (SSSR count). The molecular weight excluding hydrogens is 312 g/mol. The summed E-state index contributed by atoms with van der Waals surface area (Å²) in [6, 6.07) is 10.1. The maximum absolute atomic E-state index is 12.6. The van der Waals surface area contributed by atoms with Gasteiger partial charge in [-0.25, -0.2) is 0 Å². The number of piperidine rings is 1. The summed E-state index contributed by atoms with van der Waals surface area (Å²) in [5, 5.41) is 9.77. The van der Waals surface area contributed by atoms with E-state index in [9.17, 15) is 13.5 Å². The number of rotatable bonds is 4. The van der Waals surface area contributed by atoms with Gasteiger partial charge in [0.05, 0.1) is 6.10 Å². The first-order valence-electron chi connectivity index (χ1n) is 8.31. The van der Waals surface area contributed by atoms with Crippen molar-refractivity contribution in [3.8, 4) is 0 Å². The molecule has 0 aromatic heterocycles. The van der Waals surface area contributed by atoms with E-state index in [0.717, 1.165) is 12.8 Å². The Hall–Kier alpha value is -0.950. The van der Waals surface area contributed by atoms with Gasteiger partial charge < -0.3 is 5.11 Å². The second-order valence-electron chi connectivity index (χ2n) is 7.33. The first-order chi connectivity index (χ1) is 10.8. The molecule has 1 aromatic rings. The molecule has 2 aliphatic rings. The topological polar surface area (TPSA) is 69.6 Å². The highest BCUT2D eigenvalue weighted by Gasteiger charge is 2.49. The van der Waals surface area contributed by atoms with Gasteiger partial charge >= 0.3 is 0 Å². The highest BCUT2D eigenvalue weighted by atomic mass is 32.2. The van der Waals surface area contributed by atoms with Gasteiger partial charge in [0.1, 0.15) is 0 Å². The number of aliphatic hydroxyl groups is 1. The van der Waals surface area contributed by atoms with Crippen molar-refractivity contribution in [2.45, 2.75) is 51.2 Å². The lowest BCUT2D eigenvalue weighted by molar-refractivity contribution is -0.0649. The minimum absolute atomic E-state index is 0.186. The van der Waals surface area contributed by atoms with Crippen LogP contribution in [0.15, 0.2) is 30.3 Å². The summed E-state index contributed by atoms with van der Waals surface area (Å²) in [6.45, 7) is 4.89. The fourth-order valence-corrected chi connectivity index (χ4v) is 5.11. The second kappa shape index (κ2) is 6.16. The zero-order chi connectivity index (χ0) is 16.7. The monoisotopic (exact) mass is 338 g/mol. The van der Waals surface area contributed by atoms with Gasteiger partial charge in [-0.2, -0.15) is 17.4 Å². The highest BCUT2D eigenvalue weighted by molar-refractivity contribution is 7.87. The number of aliphatic hydroxyl groups excluding tert-OH is 1. The lowest BCUT2D eigenvalue weighted by Crippen LogP contribution is -2.63. The maximum atomic E-state index is 12.6. The van der Waals surface area contributed by atoms with Crippen LogP contribution in [-0.4, -0.2) is 43.1 Å². The predicted octanol–water partition coefficient (Wildman–Crippen LogP) is 1.86. The van der Waals surface area contributed by atoms with Crippen molar-refractivity contribution >= 4 is 10.2 Å². The lowest BCUT2D eigenvalue weighted by Gasteiger charge is -2.49. The highest BCUT2D eigenvalue weighted by Crippen LogP contribution is 2.41. The number of benzene rings is 1. The van der Waals surface area contributed by atoms with Gasteiger partial charge in [-0.3, -0.25) is 0 Å². The fourth-order valence-electron chi connectivity index (χ4n) is 3.51. The van der Waals surface area contributed by atoms with Gasteiger partial charge in [-0.1, -0.05) is 44.2 Å². The maximum Gasteiger partial charge on any atom is 0.279 e. The van der Waals surface area contributed by atoms with E-state index < -0.39 is 21.7 Å². The Kier molecular flexibility index (Phi) is 4.53. The number of nitrogens with one attached hydrogen (secondary N) is 1. The van der Waals surface area contributed by atoms with E-state index in [2.05, 4.69) is 16.9 Å². The van der Waals surface area contributed by atoms with E-state index in [1.165, 1.54) is 5.56 Å². The molecule has 128 valence electrons. The van der Waals surface area contributed by atoms with Crippen LogP contribution >= 0.6 is 0 Å². The summed E-state index contributed by atoms with van der Waals surface area (Å²) in [7, 11) is -3.47. The van der Waals surface area contributed by atoms with Crippen LogP contribution in [0, 0.1) is 5.41 Å². The fraction of sp³-hybridized carbons (Fsp3) is 0.647. The quantitative estimate of drug-likeness (QED) is 0.880. The van der Waals surface area contributed by atoms with Crippen molar-refractivity contribution in [3.63, 3.8) is 0 Å². The Balaban J connectivity index is 1.59. The zero-order valence-electron chi connectivity index (χ0n) is 13.8. The molecule has 1 saturated heterocycles. The number of hydrogen-bond donors (Lipinski definition) is 2. The molecule has 1 aliphatic carbocycles. The summed E-state index contributed by atoms with van der Waals surface area (Å²) in [6.07, 6.45) is 1.76. The predicted molar refractivity (Wildman–Crippen MR) is 90.2 cm³/mol. The lowest BCUT2D eigenvalue weighted by atomic mass is 9.65. The standard InChI is InChI=1S/C17H26N2O3S/c1-17(2)15(12-16(17)20)18-23(21,22)19-10-8-14(9-11-19)13-6-4-3-5-7-13/h3-7,14-16,18,20H,8-12H2,1-2H3. The van der Waals surface area contributed by atoms with Crippen LogP contribution in [0.3, 0.4) is 0 Å². The first-order valence-corrected chi connectivity index (χ1v) is 9.75. The molecule has 0 spiro atoms. The molecule has 2 atom stereocenters. The Bertz CT molecular complexity index is 637. The van der Waals surface area contributed by atoms with Crippen LogP contribution in [0.4, 0.5) is 0 Å². The third-order valence-electron chi connectivity index (χ3n) is 5.57. The van der Waals surface area contributed by atoms with Crippen molar-refractivity contribution in [3.05, 3.63) is 35.9 Å². The molecule has 1 saturated carbocycles. The second-order valence-corrected chi connectivity index (χ2v) is 9.03. The minimum Gasteiger partial charge on any atom is -0.392 e. The molecule has 23 heavy (non-hydrogen) atoms. The first kappa shape index (κ1) is 16.9. The van der Waals surface area contributed by atoms with Crippen molar-refractivity contribution in [2.75, 3.05) is 13.1 Å². The number of nitrogens with zero attached hydrogens (tertiary/aromatic N) is 1. The van der Waals surface area contributed by atoms with E-state index in [1.807, 2.05) is 32.0 Å². The Morgan fingerprint density at radius 1 is 1.17 bits per heavy atom. The summed E-state index contributed by atoms with van der Waals surface area (Å²) in [5.41, 5.74) is 0.899. The largest absolute Gasteiger partial charge is 0.392 e. The van der Waals surface area contributed by atoms with Crippen LogP contribution in [0.25, 0.3) is 0 Å². The van der Waals surface area contributed by atoms with E-state index in [0.29, 0.717) is 25.4 Å². The van der Waals surface area contributed by atoms with Crippen LogP contribution < -0.4 is 4.72 Å². The molecule has 0 bridgehead atoms. The average molecular weight is 338 g/mol. The molecule has 1 aliphatic heterocycles. The normalized spacial score (nSPS) is 29.2. The van der Waals surface area contributed by atoms with E-state index in [4.69, 9.17) is 0 Å². The van der Waals surface area contributed by atoms with Gasteiger partial charge in [0.25, 0.3) is 10.2 Å². The Labute approximate surface area is 138 Å². The van der Waals surface area contributed by atoms with Crippen molar-refractivity contribution in [1.29, 1.82) is 0 Å². The Morgan fingerprint density at radius 2 is 1.78 bits per heavy atom.